The van der Waals surface area contributed by atoms with E-state index < -0.39 is 0 Å². The Morgan fingerprint density at radius 3 is 1.68 bits per heavy atom. The van der Waals surface area contributed by atoms with E-state index in [0.717, 1.165) is 17.1 Å². The van der Waals surface area contributed by atoms with Gasteiger partial charge in [0.05, 0.1) is 0 Å². The Morgan fingerprint density at radius 2 is 1.36 bits per heavy atom. The fourth-order valence-electron chi connectivity index (χ4n) is 2.40. The predicted octanol–water partition coefficient (Wildman–Crippen LogP) is 8.84. The van der Waals surface area contributed by atoms with Gasteiger partial charge in [-0.05, 0) is 76.4 Å². The third kappa shape index (κ3) is 11.0. The van der Waals surface area contributed by atoms with Gasteiger partial charge >= 0.3 is 0 Å². The standard InChI is InChI=1S/C17H28.C6H10.C2H6/c1-12(2)14(4)10-15-11-16(17(5,6)7)9-8-13(15)3;1-5(2)6(3)4;1-2/h10,16H,1,8-9,11H2,2-7H3;1,3H2,2,4H3;1-2H3/b14-10-;;/t16-;;/m0../s1. The number of rotatable bonds is 3. The van der Waals surface area contributed by atoms with Crippen molar-refractivity contribution >= 4 is 0 Å². The van der Waals surface area contributed by atoms with Crippen LogP contribution in [-0.2, 0) is 0 Å². The highest BCUT2D eigenvalue weighted by atomic mass is 14.3. The number of allylic oxidation sites excluding steroid dienone is 7. The van der Waals surface area contributed by atoms with E-state index in [4.69, 9.17) is 0 Å². The highest BCUT2D eigenvalue weighted by Gasteiger charge is 2.28. The molecule has 0 aliphatic heterocycles. The topological polar surface area (TPSA) is 0 Å². The predicted molar refractivity (Wildman–Crippen MR) is 119 cm³/mol. The zero-order valence-electron chi connectivity index (χ0n) is 18.9. The molecule has 0 heteroatoms. The maximum Gasteiger partial charge on any atom is -0.0246 e. The van der Waals surface area contributed by atoms with Gasteiger partial charge in [0.15, 0.2) is 0 Å². The van der Waals surface area contributed by atoms with Gasteiger partial charge in [-0.3, -0.25) is 0 Å². The lowest BCUT2D eigenvalue weighted by atomic mass is 9.70. The quantitative estimate of drug-likeness (QED) is 0.448. The maximum absolute atomic E-state index is 4.02. The first-order valence-electron chi connectivity index (χ1n) is 9.70. The van der Waals surface area contributed by atoms with Crippen LogP contribution in [0, 0.1) is 11.3 Å². The molecule has 1 atom stereocenters. The van der Waals surface area contributed by atoms with Crippen LogP contribution in [0.3, 0.4) is 0 Å². The van der Waals surface area contributed by atoms with E-state index in [1.807, 2.05) is 27.7 Å². The van der Waals surface area contributed by atoms with Crippen LogP contribution in [-0.4, -0.2) is 0 Å². The van der Waals surface area contributed by atoms with Gasteiger partial charge in [-0.15, -0.1) is 0 Å². The smallest absolute Gasteiger partial charge is 0.0246 e. The van der Waals surface area contributed by atoms with Crippen molar-refractivity contribution in [1.82, 2.24) is 0 Å². The molecule has 0 radical (unpaired) electrons. The summed E-state index contributed by atoms with van der Waals surface area (Å²) in [5.41, 5.74) is 8.20. The van der Waals surface area contributed by atoms with Crippen molar-refractivity contribution in [2.75, 3.05) is 0 Å². The summed E-state index contributed by atoms with van der Waals surface area (Å²) in [6, 6.07) is 0. The first-order valence-corrected chi connectivity index (χ1v) is 9.70. The molecule has 0 unspecified atom stereocenters. The van der Waals surface area contributed by atoms with E-state index in [1.54, 1.807) is 11.1 Å². The van der Waals surface area contributed by atoms with Crippen LogP contribution in [0.25, 0.3) is 0 Å². The zero-order valence-corrected chi connectivity index (χ0v) is 18.9. The second-order valence-corrected chi connectivity index (χ2v) is 8.28. The Hall–Kier alpha value is -1.30. The summed E-state index contributed by atoms with van der Waals surface area (Å²) in [4.78, 5) is 0. The molecule has 0 saturated heterocycles. The molecule has 0 N–H and O–H groups in total. The molecule has 1 aliphatic carbocycles. The van der Waals surface area contributed by atoms with Crippen LogP contribution in [0.15, 0.2) is 59.3 Å². The largest absolute Gasteiger partial charge is 0.0959 e. The molecule has 144 valence electrons. The molecule has 0 nitrogen and oxygen atoms in total. The summed E-state index contributed by atoms with van der Waals surface area (Å²) in [6.07, 6.45) is 6.20. The van der Waals surface area contributed by atoms with Gasteiger partial charge in [0.2, 0.25) is 0 Å². The van der Waals surface area contributed by atoms with Crippen LogP contribution < -0.4 is 0 Å². The van der Waals surface area contributed by atoms with Crippen molar-refractivity contribution in [2.45, 2.75) is 88.5 Å². The lowest BCUT2D eigenvalue weighted by Gasteiger charge is -2.35. The normalized spacial score (nSPS) is 17.7. The summed E-state index contributed by atoms with van der Waals surface area (Å²) in [6.45, 7) is 32.9. The molecule has 0 aromatic heterocycles. The van der Waals surface area contributed by atoms with Gasteiger partial charge in [0, 0.05) is 0 Å². The van der Waals surface area contributed by atoms with E-state index in [0.29, 0.717) is 5.41 Å². The van der Waals surface area contributed by atoms with Crippen LogP contribution in [0.2, 0.25) is 0 Å². The van der Waals surface area contributed by atoms with Crippen molar-refractivity contribution in [2.24, 2.45) is 11.3 Å². The van der Waals surface area contributed by atoms with E-state index in [1.165, 1.54) is 30.4 Å². The van der Waals surface area contributed by atoms with Crippen molar-refractivity contribution in [3.8, 4) is 0 Å². The first kappa shape index (κ1) is 25.9. The van der Waals surface area contributed by atoms with Gasteiger partial charge in [-0.1, -0.05) is 82.7 Å². The molecule has 0 amide bonds. The summed E-state index contributed by atoms with van der Waals surface area (Å²) in [5.74, 6) is 0.815. The highest BCUT2D eigenvalue weighted by molar-refractivity contribution is 5.36. The fourth-order valence-corrected chi connectivity index (χ4v) is 2.40. The molecule has 0 saturated carbocycles. The molecule has 0 heterocycles. The van der Waals surface area contributed by atoms with Crippen LogP contribution in [0.5, 0.6) is 0 Å². The van der Waals surface area contributed by atoms with Crippen LogP contribution in [0.4, 0.5) is 0 Å². The molecular formula is C25H44. The van der Waals surface area contributed by atoms with Crippen LogP contribution >= 0.6 is 0 Å². The molecule has 0 spiro atoms. The Bertz CT molecular complexity index is 503. The molecule has 1 aliphatic rings. The average Bonchev–Trinajstić information content (AvgIpc) is 2.50. The third-order valence-electron chi connectivity index (χ3n) is 4.90. The van der Waals surface area contributed by atoms with Crippen molar-refractivity contribution in [3.05, 3.63) is 59.3 Å². The molecule has 25 heavy (non-hydrogen) atoms. The van der Waals surface area contributed by atoms with Crippen molar-refractivity contribution < 1.29 is 0 Å². The molecule has 0 aromatic carbocycles. The van der Waals surface area contributed by atoms with E-state index in [9.17, 15) is 0 Å². The minimum absolute atomic E-state index is 0.427. The van der Waals surface area contributed by atoms with Gasteiger partial charge in [0.25, 0.3) is 0 Å². The second kappa shape index (κ2) is 12.1. The molecular weight excluding hydrogens is 300 g/mol. The van der Waals surface area contributed by atoms with Gasteiger partial charge in [0.1, 0.15) is 0 Å². The summed E-state index contributed by atoms with van der Waals surface area (Å²) in [7, 11) is 0. The monoisotopic (exact) mass is 344 g/mol. The Balaban J connectivity index is 0. The molecule has 1 rings (SSSR count). The summed E-state index contributed by atoms with van der Waals surface area (Å²) < 4.78 is 0. The Kier molecular flexibility index (Phi) is 12.6. The van der Waals surface area contributed by atoms with Gasteiger partial charge in [-0.2, -0.15) is 0 Å². The third-order valence-corrected chi connectivity index (χ3v) is 4.90. The van der Waals surface area contributed by atoms with Crippen molar-refractivity contribution in [1.29, 1.82) is 0 Å². The lowest BCUT2D eigenvalue weighted by Crippen LogP contribution is -2.23. The Morgan fingerprint density at radius 1 is 0.920 bits per heavy atom. The van der Waals surface area contributed by atoms with Crippen molar-refractivity contribution in [3.63, 3.8) is 0 Å². The molecule has 0 bridgehead atoms. The van der Waals surface area contributed by atoms with E-state index in [-0.39, 0.29) is 0 Å². The summed E-state index contributed by atoms with van der Waals surface area (Å²) >= 11 is 0. The lowest BCUT2D eigenvalue weighted by molar-refractivity contribution is 0.217. The maximum atomic E-state index is 4.02. The SMILES string of the molecule is C=C(C)/C(C)=C\C1=C(C)CC[C@H](C(C)(C)C)C1.C=C(C)C(=C)C.CC. The molecule has 0 fully saturated rings. The minimum Gasteiger partial charge on any atom is -0.0959 e. The number of hydrogen-bond acceptors (Lipinski definition) is 0. The van der Waals surface area contributed by atoms with Gasteiger partial charge in [-0.25, -0.2) is 0 Å². The first-order chi connectivity index (χ1) is 11.4. The van der Waals surface area contributed by atoms with E-state index >= 15 is 0 Å². The number of hydrogen-bond donors (Lipinski definition) is 0. The van der Waals surface area contributed by atoms with Crippen LogP contribution in [0.1, 0.15) is 88.5 Å². The minimum atomic E-state index is 0.427. The van der Waals surface area contributed by atoms with Gasteiger partial charge < -0.3 is 0 Å². The highest BCUT2D eigenvalue weighted by Crippen LogP contribution is 2.40. The summed E-state index contributed by atoms with van der Waals surface area (Å²) in [5, 5.41) is 0. The molecule has 0 aromatic rings. The Labute approximate surface area is 159 Å². The second-order valence-electron chi connectivity index (χ2n) is 8.28. The zero-order chi connectivity index (χ0) is 20.4. The average molecular weight is 345 g/mol. The fraction of sp³-hybridized carbons (Fsp3) is 0.600. The van der Waals surface area contributed by atoms with E-state index in [2.05, 4.69) is 67.4 Å².